The summed E-state index contributed by atoms with van der Waals surface area (Å²) in [5.74, 6) is 5.73. The average molecular weight is 267 g/mol. The monoisotopic (exact) mass is 267 g/mol. The third-order valence-corrected chi connectivity index (χ3v) is 3.06. The zero-order valence-corrected chi connectivity index (χ0v) is 10.8. The van der Waals surface area contributed by atoms with Gasteiger partial charge in [-0.25, -0.2) is 4.39 Å². The van der Waals surface area contributed by atoms with Gasteiger partial charge in [0.2, 0.25) is 0 Å². The largest absolute Gasteiger partial charge is 0.468 e. The summed E-state index contributed by atoms with van der Waals surface area (Å²) in [6.07, 6.45) is 0. The number of nitrogens with two attached hydrogens (primary N) is 1. The summed E-state index contributed by atoms with van der Waals surface area (Å²) in [6, 6.07) is 4.42. The molecule has 0 aliphatic rings. The minimum Gasteiger partial charge on any atom is -0.468 e. The smallest absolute Gasteiger partial charge is 0.315 e. The van der Waals surface area contributed by atoms with Crippen molar-refractivity contribution in [3.63, 3.8) is 0 Å². The fraction of sp³-hybridized carbons (Fsp3) is 0.308. The summed E-state index contributed by atoms with van der Waals surface area (Å²) in [5, 5.41) is 0. The summed E-state index contributed by atoms with van der Waals surface area (Å²) >= 11 is 1.40. The van der Waals surface area contributed by atoms with Crippen LogP contribution in [0.2, 0.25) is 0 Å². The van der Waals surface area contributed by atoms with E-state index in [1.165, 1.54) is 31.0 Å². The van der Waals surface area contributed by atoms with Crippen LogP contribution in [0, 0.1) is 17.7 Å². The van der Waals surface area contributed by atoms with E-state index in [4.69, 9.17) is 5.73 Å². The molecule has 0 atom stereocenters. The molecule has 5 heteroatoms. The number of thioether (sulfide) groups is 1. The normalized spacial score (nSPS) is 9.50. The Balaban J connectivity index is 2.72. The number of benzene rings is 1. The van der Waals surface area contributed by atoms with Crippen LogP contribution in [-0.4, -0.2) is 25.4 Å². The molecule has 18 heavy (non-hydrogen) atoms. The lowest BCUT2D eigenvalue weighted by Gasteiger charge is -2.04. The highest BCUT2D eigenvalue weighted by Gasteiger charge is 2.05. The van der Waals surface area contributed by atoms with E-state index >= 15 is 0 Å². The van der Waals surface area contributed by atoms with Crippen molar-refractivity contribution in [1.82, 2.24) is 0 Å². The van der Waals surface area contributed by atoms with Crippen LogP contribution in [0.5, 0.6) is 0 Å². The Morgan fingerprint density at radius 2 is 2.33 bits per heavy atom. The number of methoxy groups -OCH3 is 1. The lowest BCUT2D eigenvalue weighted by molar-refractivity contribution is -0.137. The molecule has 0 heterocycles. The second kappa shape index (κ2) is 7.75. The predicted octanol–water partition coefficient (Wildman–Crippen LogP) is 1.54. The number of ether oxygens (including phenoxy) is 1. The molecule has 1 aromatic carbocycles. The van der Waals surface area contributed by atoms with Gasteiger partial charge in [-0.2, -0.15) is 0 Å². The maximum Gasteiger partial charge on any atom is 0.315 e. The third-order valence-electron chi connectivity index (χ3n) is 2.10. The Morgan fingerprint density at radius 3 is 3.00 bits per heavy atom. The summed E-state index contributed by atoms with van der Waals surface area (Å²) in [6.45, 7) is 0.227. The average Bonchev–Trinajstić information content (AvgIpc) is 2.38. The van der Waals surface area contributed by atoms with Gasteiger partial charge in [-0.15, -0.1) is 11.8 Å². The number of carbonyl (C=O) groups is 1. The maximum absolute atomic E-state index is 13.1. The Hall–Kier alpha value is -1.51. The highest BCUT2D eigenvalue weighted by atomic mass is 32.2. The zero-order valence-electron chi connectivity index (χ0n) is 10.0. The van der Waals surface area contributed by atoms with Crippen molar-refractivity contribution < 1.29 is 13.9 Å². The molecule has 0 spiro atoms. The SMILES string of the molecule is COC(=O)CSCc1ccc(F)cc1C#CCN. The molecule has 0 saturated carbocycles. The number of carbonyl (C=O) groups excluding carboxylic acids is 1. The van der Waals surface area contributed by atoms with Crippen LogP contribution < -0.4 is 5.73 Å². The minimum atomic E-state index is -0.335. The second-order valence-electron chi connectivity index (χ2n) is 3.38. The van der Waals surface area contributed by atoms with Gasteiger partial charge in [0.05, 0.1) is 19.4 Å². The van der Waals surface area contributed by atoms with E-state index in [1.54, 1.807) is 6.07 Å². The van der Waals surface area contributed by atoms with Crippen LogP contribution in [0.4, 0.5) is 4.39 Å². The van der Waals surface area contributed by atoms with Gasteiger partial charge >= 0.3 is 5.97 Å². The van der Waals surface area contributed by atoms with Gasteiger partial charge in [0.25, 0.3) is 0 Å². The van der Waals surface area contributed by atoms with Crippen LogP contribution in [0.1, 0.15) is 11.1 Å². The molecule has 0 fully saturated rings. The molecule has 0 radical (unpaired) electrons. The van der Waals surface area contributed by atoms with Crippen LogP contribution in [0.25, 0.3) is 0 Å². The molecular formula is C13H14FNO2S. The first-order chi connectivity index (χ1) is 8.67. The van der Waals surface area contributed by atoms with E-state index in [0.29, 0.717) is 11.3 Å². The molecule has 3 nitrogen and oxygen atoms in total. The Labute approximate surface area is 110 Å². The summed E-state index contributed by atoms with van der Waals surface area (Å²) < 4.78 is 17.6. The van der Waals surface area contributed by atoms with E-state index in [1.807, 2.05) is 0 Å². The highest BCUT2D eigenvalue weighted by Crippen LogP contribution is 2.17. The topological polar surface area (TPSA) is 52.3 Å². The lowest BCUT2D eigenvalue weighted by Crippen LogP contribution is -2.03. The fourth-order valence-electron chi connectivity index (χ4n) is 1.24. The van der Waals surface area contributed by atoms with Crippen LogP contribution in [0.3, 0.4) is 0 Å². The van der Waals surface area contributed by atoms with E-state index in [2.05, 4.69) is 16.6 Å². The number of rotatable bonds is 4. The first-order valence-corrected chi connectivity index (χ1v) is 6.44. The summed E-state index contributed by atoms with van der Waals surface area (Å²) in [4.78, 5) is 11.0. The van der Waals surface area contributed by atoms with Crippen LogP contribution >= 0.6 is 11.8 Å². The quantitative estimate of drug-likeness (QED) is 0.664. The second-order valence-corrected chi connectivity index (χ2v) is 4.36. The van der Waals surface area contributed by atoms with Gasteiger partial charge < -0.3 is 10.5 Å². The first-order valence-electron chi connectivity index (χ1n) is 5.29. The molecule has 2 N–H and O–H groups in total. The molecule has 0 aliphatic heterocycles. The van der Waals surface area contributed by atoms with Crippen molar-refractivity contribution in [1.29, 1.82) is 0 Å². The van der Waals surface area contributed by atoms with Crippen molar-refractivity contribution in [3.05, 3.63) is 35.1 Å². The molecule has 0 saturated heterocycles. The molecular weight excluding hydrogens is 253 g/mol. The molecule has 1 rings (SSSR count). The molecule has 0 aliphatic carbocycles. The van der Waals surface area contributed by atoms with Gasteiger partial charge in [-0.1, -0.05) is 17.9 Å². The van der Waals surface area contributed by atoms with Crippen LogP contribution in [0.15, 0.2) is 18.2 Å². The lowest BCUT2D eigenvalue weighted by atomic mass is 10.1. The van der Waals surface area contributed by atoms with Crippen molar-refractivity contribution in [3.8, 4) is 11.8 Å². The van der Waals surface area contributed by atoms with Gasteiger partial charge in [-0.3, -0.25) is 4.79 Å². The van der Waals surface area contributed by atoms with Crippen molar-refractivity contribution in [2.24, 2.45) is 5.73 Å². The molecule has 0 aromatic heterocycles. The third kappa shape index (κ3) is 4.78. The fourth-order valence-corrected chi connectivity index (χ4v) is 2.10. The van der Waals surface area contributed by atoms with Crippen molar-refractivity contribution >= 4 is 17.7 Å². The molecule has 96 valence electrons. The van der Waals surface area contributed by atoms with E-state index in [-0.39, 0.29) is 24.1 Å². The van der Waals surface area contributed by atoms with Gasteiger partial charge in [-0.05, 0) is 17.7 Å². The van der Waals surface area contributed by atoms with Crippen molar-refractivity contribution in [2.75, 3.05) is 19.4 Å². The highest BCUT2D eigenvalue weighted by molar-refractivity contribution is 7.99. The maximum atomic E-state index is 13.1. The summed E-state index contributed by atoms with van der Waals surface area (Å²) in [7, 11) is 1.35. The first kappa shape index (κ1) is 14.6. The molecule has 1 aromatic rings. The van der Waals surface area contributed by atoms with Gasteiger partial charge in [0.1, 0.15) is 5.82 Å². The number of halogens is 1. The van der Waals surface area contributed by atoms with E-state index < -0.39 is 0 Å². The van der Waals surface area contributed by atoms with Crippen molar-refractivity contribution in [2.45, 2.75) is 5.75 Å². The predicted molar refractivity (Wildman–Crippen MR) is 70.5 cm³/mol. The van der Waals surface area contributed by atoms with Crippen LogP contribution in [-0.2, 0) is 15.3 Å². The van der Waals surface area contributed by atoms with Gasteiger partial charge in [0.15, 0.2) is 0 Å². The summed E-state index contributed by atoms with van der Waals surface area (Å²) in [5.41, 5.74) is 6.78. The standard InChI is InChI=1S/C13H14FNO2S/c1-17-13(16)9-18-8-11-4-5-12(14)7-10(11)3-2-6-15/h4-5,7H,6,8-9,15H2,1H3. The van der Waals surface area contributed by atoms with E-state index in [0.717, 1.165) is 5.56 Å². The van der Waals surface area contributed by atoms with E-state index in [9.17, 15) is 9.18 Å². The zero-order chi connectivity index (χ0) is 13.4. The van der Waals surface area contributed by atoms with Gasteiger partial charge in [0, 0.05) is 11.3 Å². The number of hydrogen-bond donors (Lipinski definition) is 1. The number of hydrogen-bond acceptors (Lipinski definition) is 4. The molecule has 0 bridgehead atoms. The minimum absolute atomic E-state index is 0.227. The Kier molecular flexibility index (Phi) is 6.26. The molecule has 0 amide bonds. The molecule has 0 unspecified atom stereocenters. The Bertz CT molecular complexity index is 480. The number of esters is 1. The Morgan fingerprint density at radius 1 is 1.56 bits per heavy atom.